The normalized spacial score (nSPS) is 21.0. The van der Waals surface area contributed by atoms with Gasteiger partial charge in [0, 0.05) is 30.2 Å². The molecule has 1 amide bonds. The molecule has 14 heteroatoms. The molecule has 0 radical (unpaired) electrons. The molecular weight excluding hydrogens is 535 g/mol. The predicted octanol–water partition coefficient (Wildman–Crippen LogP) is 5.86. The number of ether oxygens (including phenoxy) is 1. The van der Waals surface area contributed by atoms with Gasteiger partial charge in [-0.1, -0.05) is 0 Å². The highest BCUT2D eigenvalue weighted by Crippen LogP contribution is 2.46. The molecule has 2 aliphatic rings. The fourth-order valence-corrected chi connectivity index (χ4v) is 5.73. The molecule has 5 rings (SSSR count). The Balaban J connectivity index is 1.59. The van der Waals surface area contributed by atoms with Gasteiger partial charge in [-0.05, 0) is 39.7 Å². The van der Waals surface area contributed by atoms with Crippen molar-refractivity contribution in [2.24, 2.45) is 0 Å². The van der Waals surface area contributed by atoms with Crippen LogP contribution in [0.1, 0.15) is 50.8 Å². The molecular formula is C24H25F5N4O4S. The summed E-state index contributed by atoms with van der Waals surface area (Å²) in [6.07, 6.45) is -8.96. The highest BCUT2D eigenvalue weighted by atomic mass is 32.1. The van der Waals surface area contributed by atoms with E-state index in [0.717, 1.165) is 17.4 Å². The lowest BCUT2D eigenvalue weighted by molar-refractivity contribution is -0.139. The molecule has 4 heterocycles. The summed E-state index contributed by atoms with van der Waals surface area (Å²) in [5.74, 6) is 0. The van der Waals surface area contributed by atoms with Crippen molar-refractivity contribution in [3.63, 3.8) is 0 Å². The Morgan fingerprint density at radius 1 is 1.21 bits per heavy atom. The standard InChI is InChI=1S/C24H25F5N4O4S/c1-23(2,3)37-22(35)33-11-4-5-12(33)10-32(9-11)21-31-16-15(24(27,28)29)13(17(34)19(25)26)8-14(18(16)36-21)20-30-6-7-38-20/h6-8,11-12,17,19,34H,4-5,9-10H2,1-3H3. The second kappa shape index (κ2) is 9.33. The van der Waals surface area contributed by atoms with Crippen molar-refractivity contribution in [3.8, 4) is 10.6 Å². The first kappa shape index (κ1) is 26.6. The first-order valence-corrected chi connectivity index (χ1v) is 12.8. The van der Waals surface area contributed by atoms with Crippen LogP contribution in [-0.4, -0.2) is 63.3 Å². The number of aromatic nitrogens is 2. The molecule has 8 nitrogen and oxygen atoms in total. The van der Waals surface area contributed by atoms with E-state index in [4.69, 9.17) is 9.15 Å². The number of aliphatic hydroxyl groups excluding tert-OH is 1. The molecule has 206 valence electrons. The van der Waals surface area contributed by atoms with Gasteiger partial charge in [0.2, 0.25) is 0 Å². The third-order valence-electron chi connectivity index (χ3n) is 6.55. The molecule has 0 spiro atoms. The smallest absolute Gasteiger partial charge is 0.418 e. The summed E-state index contributed by atoms with van der Waals surface area (Å²) in [6, 6.07) is 0.179. The number of amides is 1. The predicted molar refractivity (Wildman–Crippen MR) is 128 cm³/mol. The number of rotatable bonds is 4. The van der Waals surface area contributed by atoms with Gasteiger partial charge >= 0.3 is 12.3 Å². The number of anilines is 1. The van der Waals surface area contributed by atoms with Crippen LogP contribution < -0.4 is 4.90 Å². The number of thiazole rings is 1. The zero-order chi connectivity index (χ0) is 27.6. The van der Waals surface area contributed by atoms with Gasteiger partial charge in [-0.15, -0.1) is 11.3 Å². The number of halogens is 5. The Labute approximate surface area is 218 Å². The van der Waals surface area contributed by atoms with E-state index in [1.165, 1.54) is 6.20 Å². The van der Waals surface area contributed by atoms with Crippen molar-refractivity contribution >= 4 is 34.5 Å². The largest absolute Gasteiger partial charge is 0.444 e. The van der Waals surface area contributed by atoms with Crippen LogP contribution in [0, 0.1) is 0 Å². The van der Waals surface area contributed by atoms with E-state index in [-0.39, 0.29) is 47.3 Å². The van der Waals surface area contributed by atoms with Crippen molar-refractivity contribution in [1.29, 1.82) is 0 Å². The molecule has 2 aliphatic heterocycles. The van der Waals surface area contributed by atoms with Crippen LogP contribution in [0.15, 0.2) is 22.1 Å². The van der Waals surface area contributed by atoms with E-state index in [1.54, 1.807) is 36.0 Å². The number of hydrogen-bond donors (Lipinski definition) is 1. The third kappa shape index (κ3) is 4.79. The summed E-state index contributed by atoms with van der Waals surface area (Å²) >= 11 is 1.08. The summed E-state index contributed by atoms with van der Waals surface area (Å²) < 4.78 is 80.9. The molecule has 2 aromatic heterocycles. The first-order chi connectivity index (χ1) is 17.7. The van der Waals surface area contributed by atoms with Gasteiger partial charge in [0.15, 0.2) is 5.58 Å². The SMILES string of the molecule is CC(C)(C)OC(=O)N1C2CCC1CN(c1nc3c(C(F)(F)F)c(C(O)C(F)F)cc(-c4nccs4)c3o1)C2. The highest BCUT2D eigenvalue weighted by molar-refractivity contribution is 7.13. The van der Waals surface area contributed by atoms with Crippen LogP contribution >= 0.6 is 11.3 Å². The number of nitrogens with zero attached hydrogens (tertiary/aromatic N) is 4. The molecule has 3 unspecified atom stereocenters. The van der Waals surface area contributed by atoms with Gasteiger partial charge in [0.05, 0.1) is 23.2 Å². The van der Waals surface area contributed by atoms with E-state index in [9.17, 15) is 31.9 Å². The molecule has 2 fully saturated rings. The number of alkyl halides is 5. The Hall–Kier alpha value is -3.00. The van der Waals surface area contributed by atoms with Crippen LogP contribution in [0.5, 0.6) is 0 Å². The molecule has 3 aromatic rings. The molecule has 2 bridgehead atoms. The minimum atomic E-state index is -5.10. The number of aliphatic hydroxyl groups is 1. The molecule has 3 atom stereocenters. The van der Waals surface area contributed by atoms with Crippen molar-refractivity contribution in [1.82, 2.24) is 14.9 Å². The zero-order valence-corrected chi connectivity index (χ0v) is 21.4. The lowest BCUT2D eigenvalue weighted by atomic mass is 9.97. The third-order valence-corrected chi connectivity index (χ3v) is 7.35. The lowest BCUT2D eigenvalue weighted by Gasteiger charge is -2.40. The minimum absolute atomic E-state index is 0.0202. The Kier molecular flexibility index (Phi) is 6.53. The van der Waals surface area contributed by atoms with E-state index in [1.807, 2.05) is 0 Å². The molecule has 1 N–H and O–H groups in total. The number of carbonyl (C=O) groups is 1. The van der Waals surface area contributed by atoms with Crippen LogP contribution in [-0.2, 0) is 10.9 Å². The fourth-order valence-electron chi connectivity index (χ4n) is 5.08. The van der Waals surface area contributed by atoms with Gasteiger partial charge < -0.3 is 19.2 Å². The Morgan fingerprint density at radius 3 is 2.39 bits per heavy atom. The number of benzene rings is 1. The summed E-state index contributed by atoms with van der Waals surface area (Å²) in [5.41, 5.74) is -4.10. The van der Waals surface area contributed by atoms with Crippen molar-refractivity contribution < 1.29 is 41.0 Å². The van der Waals surface area contributed by atoms with E-state index >= 15 is 0 Å². The summed E-state index contributed by atoms with van der Waals surface area (Å²) in [6.45, 7) is 5.77. The molecule has 1 aromatic carbocycles. The van der Waals surface area contributed by atoms with E-state index in [0.29, 0.717) is 12.8 Å². The molecule has 0 aliphatic carbocycles. The van der Waals surface area contributed by atoms with Crippen LogP contribution in [0.4, 0.5) is 32.8 Å². The van der Waals surface area contributed by atoms with Gasteiger partial charge in [-0.3, -0.25) is 4.90 Å². The highest BCUT2D eigenvalue weighted by Gasteiger charge is 2.46. The second-order valence-electron chi connectivity index (χ2n) is 10.4. The van der Waals surface area contributed by atoms with Crippen molar-refractivity contribution in [2.45, 2.75) is 70.0 Å². The number of carbonyl (C=O) groups excluding carboxylic acids is 1. The lowest BCUT2D eigenvalue weighted by Crippen LogP contribution is -2.56. The monoisotopic (exact) mass is 560 g/mol. The van der Waals surface area contributed by atoms with Gasteiger partial charge in [0.25, 0.3) is 12.4 Å². The Morgan fingerprint density at radius 2 is 1.87 bits per heavy atom. The van der Waals surface area contributed by atoms with Crippen LogP contribution in [0.2, 0.25) is 0 Å². The van der Waals surface area contributed by atoms with Crippen LogP contribution in [0.3, 0.4) is 0 Å². The molecule has 2 saturated heterocycles. The Bertz CT molecular complexity index is 1320. The number of hydrogen-bond acceptors (Lipinski definition) is 8. The summed E-state index contributed by atoms with van der Waals surface area (Å²) in [5, 5.41) is 11.8. The first-order valence-electron chi connectivity index (χ1n) is 11.9. The van der Waals surface area contributed by atoms with Crippen molar-refractivity contribution in [2.75, 3.05) is 18.0 Å². The maximum atomic E-state index is 14.2. The number of piperazine rings is 1. The maximum Gasteiger partial charge on any atom is 0.418 e. The number of fused-ring (bicyclic) bond motifs is 3. The molecule has 0 saturated carbocycles. The van der Waals surface area contributed by atoms with Crippen molar-refractivity contribution in [3.05, 3.63) is 28.8 Å². The van der Waals surface area contributed by atoms with E-state index in [2.05, 4.69) is 9.97 Å². The average Bonchev–Trinajstić information content (AvgIpc) is 3.53. The zero-order valence-electron chi connectivity index (χ0n) is 20.6. The second-order valence-corrected chi connectivity index (χ2v) is 11.2. The molecule has 38 heavy (non-hydrogen) atoms. The summed E-state index contributed by atoms with van der Waals surface area (Å²) in [7, 11) is 0. The minimum Gasteiger partial charge on any atom is -0.444 e. The van der Waals surface area contributed by atoms with Gasteiger partial charge in [-0.25, -0.2) is 18.6 Å². The van der Waals surface area contributed by atoms with E-state index < -0.39 is 47.0 Å². The maximum absolute atomic E-state index is 14.2. The summed E-state index contributed by atoms with van der Waals surface area (Å²) in [4.78, 5) is 24.3. The quantitative estimate of drug-likeness (QED) is 0.400. The van der Waals surface area contributed by atoms with Gasteiger partial charge in [-0.2, -0.15) is 18.2 Å². The average molecular weight is 561 g/mol. The van der Waals surface area contributed by atoms with Gasteiger partial charge in [0.1, 0.15) is 22.2 Å². The number of oxazole rings is 1. The topological polar surface area (TPSA) is 91.9 Å². The fraction of sp³-hybridized carbons (Fsp3) is 0.542. The van der Waals surface area contributed by atoms with Crippen LogP contribution in [0.25, 0.3) is 21.7 Å².